The molecule has 1 heterocycles. The Hall–Kier alpha value is -2.10. The van der Waals surface area contributed by atoms with E-state index < -0.39 is 0 Å². The number of aryl methyl sites for hydroxylation is 1. The van der Waals surface area contributed by atoms with E-state index in [1.54, 1.807) is 0 Å². The van der Waals surface area contributed by atoms with Gasteiger partial charge in [0.25, 0.3) is 5.56 Å². The van der Waals surface area contributed by atoms with Crippen LogP contribution in [0.2, 0.25) is 0 Å². The van der Waals surface area contributed by atoms with Gasteiger partial charge in [0, 0.05) is 18.0 Å². The van der Waals surface area contributed by atoms with Crippen LogP contribution in [0.25, 0.3) is 10.9 Å². The molecule has 0 unspecified atom stereocenters. The standard InChI is InChI=1S/C22H30N2O2/c1-3-4-13-24(22(26)17-10-6-5-7-11-17)15-19-14-18-12-8-9-16(2)20(18)23-21(19)25/h8-9,12,14,17H,3-7,10-11,13,15H2,1-2H3,(H,23,25). The summed E-state index contributed by atoms with van der Waals surface area (Å²) in [5.41, 5.74) is 2.56. The van der Waals surface area contributed by atoms with E-state index >= 15 is 0 Å². The number of carbonyl (C=O) groups is 1. The maximum Gasteiger partial charge on any atom is 0.253 e. The second kappa shape index (κ2) is 8.52. The first-order chi connectivity index (χ1) is 12.6. The lowest BCUT2D eigenvalue weighted by Crippen LogP contribution is -2.38. The normalized spacial score (nSPS) is 15.3. The maximum atomic E-state index is 13.1. The molecule has 1 aromatic carbocycles. The van der Waals surface area contributed by atoms with Crippen molar-refractivity contribution in [1.82, 2.24) is 9.88 Å². The highest BCUT2D eigenvalue weighted by Gasteiger charge is 2.26. The number of nitrogens with zero attached hydrogens (tertiary/aromatic N) is 1. The average Bonchev–Trinajstić information content (AvgIpc) is 2.66. The van der Waals surface area contributed by atoms with Crippen LogP contribution in [0.3, 0.4) is 0 Å². The minimum atomic E-state index is -0.0789. The van der Waals surface area contributed by atoms with Crippen LogP contribution in [-0.4, -0.2) is 22.3 Å². The highest BCUT2D eigenvalue weighted by Crippen LogP contribution is 2.26. The Kier molecular flexibility index (Phi) is 6.12. The summed E-state index contributed by atoms with van der Waals surface area (Å²) in [6.07, 6.45) is 7.54. The molecule has 0 atom stereocenters. The minimum Gasteiger partial charge on any atom is -0.338 e. The van der Waals surface area contributed by atoms with Gasteiger partial charge in [-0.2, -0.15) is 0 Å². The molecule has 0 radical (unpaired) electrons. The number of pyridine rings is 1. The Labute approximate surface area is 155 Å². The van der Waals surface area contributed by atoms with Crippen LogP contribution in [-0.2, 0) is 11.3 Å². The first-order valence-corrected chi connectivity index (χ1v) is 10.0. The molecule has 0 saturated heterocycles. The van der Waals surface area contributed by atoms with Crippen LogP contribution in [0.1, 0.15) is 63.0 Å². The second-order valence-electron chi connectivity index (χ2n) is 7.61. The van der Waals surface area contributed by atoms with Gasteiger partial charge in [0.2, 0.25) is 5.91 Å². The molecule has 4 nitrogen and oxygen atoms in total. The molecule has 1 N–H and O–H groups in total. The van der Waals surface area contributed by atoms with Crippen molar-refractivity contribution in [2.24, 2.45) is 5.92 Å². The smallest absolute Gasteiger partial charge is 0.253 e. The van der Waals surface area contributed by atoms with Gasteiger partial charge >= 0.3 is 0 Å². The lowest BCUT2D eigenvalue weighted by Gasteiger charge is -2.29. The highest BCUT2D eigenvalue weighted by atomic mass is 16.2. The molecule has 0 spiro atoms. The number of nitrogens with one attached hydrogen (secondary N) is 1. The molecule has 0 aliphatic heterocycles. The Morgan fingerprint density at radius 3 is 2.73 bits per heavy atom. The zero-order valence-electron chi connectivity index (χ0n) is 16.0. The Morgan fingerprint density at radius 1 is 1.23 bits per heavy atom. The second-order valence-corrected chi connectivity index (χ2v) is 7.61. The molecule has 1 aromatic heterocycles. The zero-order chi connectivity index (χ0) is 18.5. The number of aromatic amines is 1. The summed E-state index contributed by atoms with van der Waals surface area (Å²) in [7, 11) is 0. The fourth-order valence-electron chi connectivity index (χ4n) is 3.98. The molecule has 1 aliphatic rings. The van der Waals surface area contributed by atoms with Crippen molar-refractivity contribution in [1.29, 1.82) is 0 Å². The number of H-pyrrole nitrogens is 1. The highest BCUT2D eigenvalue weighted by molar-refractivity contribution is 5.82. The summed E-state index contributed by atoms with van der Waals surface area (Å²) < 4.78 is 0. The van der Waals surface area contributed by atoms with Crippen LogP contribution in [0.4, 0.5) is 0 Å². The van der Waals surface area contributed by atoms with Crippen molar-refractivity contribution in [3.8, 4) is 0 Å². The van der Waals surface area contributed by atoms with E-state index in [2.05, 4.69) is 11.9 Å². The van der Waals surface area contributed by atoms with Gasteiger partial charge in [-0.25, -0.2) is 0 Å². The van der Waals surface area contributed by atoms with Crippen molar-refractivity contribution in [3.63, 3.8) is 0 Å². The minimum absolute atomic E-state index is 0.0789. The van der Waals surface area contributed by atoms with Gasteiger partial charge in [0.1, 0.15) is 0 Å². The van der Waals surface area contributed by atoms with Gasteiger partial charge in [-0.15, -0.1) is 0 Å². The van der Waals surface area contributed by atoms with E-state index in [4.69, 9.17) is 0 Å². The number of amides is 1. The zero-order valence-corrected chi connectivity index (χ0v) is 16.0. The number of aromatic nitrogens is 1. The van der Waals surface area contributed by atoms with Crippen molar-refractivity contribution in [2.75, 3.05) is 6.54 Å². The van der Waals surface area contributed by atoms with Crippen LogP contribution < -0.4 is 5.56 Å². The first-order valence-electron chi connectivity index (χ1n) is 10.0. The van der Waals surface area contributed by atoms with E-state index in [0.29, 0.717) is 12.1 Å². The monoisotopic (exact) mass is 354 g/mol. The van der Waals surface area contributed by atoms with E-state index in [1.165, 1.54) is 6.42 Å². The third kappa shape index (κ3) is 4.17. The molecule has 26 heavy (non-hydrogen) atoms. The van der Waals surface area contributed by atoms with E-state index in [-0.39, 0.29) is 17.4 Å². The lowest BCUT2D eigenvalue weighted by molar-refractivity contribution is -0.137. The number of carbonyl (C=O) groups excluding carboxylic acids is 1. The third-order valence-corrected chi connectivity index (χ3v) is 5.57. The molecule has 4 heteroatoms. The van der Waals surface area contributed by atoms with Gasteiger partial charge in [-0.3, -0.25) is 9.59 Å². The Morgan fingerprint density at radius 2 is 2.00 bits per heavy atom. The first kappa shape index (κ1) is 18.7. The summed E-state index contributed by atoms with van der Waals surface area (Å²) in [6, 6.07) is 7.97. The van der Waals surface area contributed by atoms with Crippen molar-refractivity contribution >= 4 is 16.8 Å². The van der Waals surface area contributed by atoms with E-state index in [1.807, 2.05) is 36.1 Å². The van der Waals surface area contributed by atoms with Crippen molar-refractivity contribution in [2.45, 2.75) is 65.3 Å². The predicted octanol–water partition coefficient (Wildman–Crippen LogP) is 4.55. The molecule has 1 aliphatic carbocycles. The number of para-hydroxylation sites is 1. The third-order valence-electron chi connectivity index (χ3n) is 5.57. The Balaban J connectivity index is 1.86. The maximum absolute atomic E-state index is 13.1. The van der Waals surface area contributed by atoms with Gasteiger partial charge in [-0.05, 0) is 43.2 Å². The number of hydrogen-bond acceptors (Lipinski definition) is 2. The van der Waals surface area contributed by atoms with Crippen LogP contribution in [0.15, 0.2) is 29.1 Å². The molecule has 140 valence electrons. The molecular formula is C22H30N2O2. The number of hydrogen-bond donors (Lipinski definition) is 1. The quantitative estimate of drug-likeness (QED) is 0.827. The van der Waals surface area contributed by atoms with Crippen LogP contribution >= 0.6 is 0 Å². The van der Waals surface area contributed by atoms with Crippen molar-refractivity contribution < 1.29 is 4.79 Å². The topological polar surface area (TPSA) is 53.2 Å². The SMILES string of the molecule is CCCCN(Cc1cc2cccc(C)c2[nH]c1=O)C(=O)C1CCCCC1. The summed E-state index contributed by atoms with van der Waals surface area (Å²) >= 11 is 0. The van der Waals surface area contributed by atoms with E-state index in [0.717, 1.165) is 61.5 Å². The molecular weight excluding hydrogens is 324 g/mol. The molecule has 1 saturated carbocycles. The van der Waals surface area contributed by atoms with Crippen LogP contribution in [0.5, 0.6) is 0 Å². The molecule has 0 bridgehead atoms. The predicted molar refractivity (Wildman–Crippen MR) is 106 cm³/mol. The van der Waals surface area contributed by atoms with Gasteiger partial charge in [0.15, 0.2) is 0 Å². The number of unbranched alkanes of at least 4 members (excludes halogenated alkanes) is 1. The molecule has 2 aromatic rings. The summed E-state index contributed by atoms with van der Waals surface area (Å²) in [5, 5.41) is 1.03. The van der Waals surface area contributed by atoms with E-state index in [9.17, 15) is 9.59 Å². The Bertz CT molecular complexity index is 818. The number of fused-ring (bicyclic) bond motifs is 1. The fourth-order valence-corrected chi connectivity index (χ4v) is 3.98. The average molecular weight is 354 g/mol. The fraction of sp³-hybridized carbons (Fsp3) is 0.545. The van der Waals surface area contributed by atoms with Gasteiger partial charge in [-0.1, -0.05) is 50.8 Å². The molecule has 1 fully saturated rings. The van der Waals surface area contributed by atoms with Gasteiger partial charge < -0.3 is 9.88 Å². The number of benzene rings is 1. The van der Waals surface area contributed by atoms with Gasteiger partial charge in [0.05, 0.1) is 12.1 Å². The van der Waals surface area contributed by atoms with Crippen LogP contribution in [0, 0.1) is 12.8 Å². The lowest BCUT2D eigenvalue weighted by atomic mass is 9.88. The summed E-state index contributed by atoms with van der Waals surface area (Å²) in [4.78, 5) is 30.6. The van der Waals surface area contributed by atoms with Crippen molar-refractivity contribution in [3.05, 3.63) is 45.7 Å². The summed E-state index contributed by atoms with van der Waals surface area (Å²) in [5.74, 6) is 0.379. The molecule has 1 amide bonds. The summed E-state index contributed by atoms with van der Waals surface area (Å²) in [6.45, 7) is 5.28. The largest absolute Gasteiger partial charge is 0.338 e. The number of rotatable bonds is 6. The molecule has 3 rings (SSSR count).